The quantitative estimate of drug-likeness (QED) is 0.866. The molecule has 23 heavy (non-hydrogen) atoms. The fourth-order valence-electron chi connectivity index (χ4n) is 2.58. The molecule has 5 nitrogen and oxygen atoms in total. The topological polar surface area (TPSA) is 66.5 Å². The number of carbonyl (C=O) groups excluding carboxylic acids is 1. The van der Waals surface area contributed by atoms with E-state index in [1.807, 2.05) is 13.8 Å². The van der Waals surface area contributed by atoms with Crippen molar-refractivity contribution in [3.8, 4) is 0 Å². The van der Waals surface area contributed by atoms with E-state index in [4.69, 9.17) is 0 Å². The van der Waals surface area contributed by atoms with E-state index in [-0.39, 0.29) is 16.8 Å². The number of aryl methyl sites for hydroxylation is 1. The maximum atomic E-state index is 12.7. The molecule has 0 heterocycles. The Morgan fingerprint density at radius 2 is 1.78 bits per heavy atom. The molecule has 0 saturated heterocycles. The van der Waals surface area contributed by atoms with Crippen LogP contribution in [0.15, 0.2) is 17.0 Å². The average Bonchev–Trinajstić information content (AvgIpc) is 2.47. The fourth-order valence-corrected chi connectivity index (χ4v) is 3.65. The Morgan fingerprint density at radius 1 is 1.22 bits per heavy atom. The van der Waals surface area contributed by atoms with Gasteiger partial charge in [-0.25, -0.2) is 13.1 Å². The van der Waals surface area contributed by atoms with Gasteiger partial charge in [0.15, 0.2) is 0 Å². The second-order valence-electron chi connectivity index (χ2n) is 6.52. The monoisotopic (exact) mass is 340 g/mol. The van der Waals surface area contributed by atoms with Crippen molar-refractivity contribution in [3.05, 3.63) is 28.8 Å². The van der Waals surface area contributed by atoms with Crippen molar-refractivity contribution < 1.29 is 13.2 Å². The SMILES string of the molecule is CNS(=O)(=O)c1cc(C(=O)N(C)[C@H](C)CC(C)C)cc(C)c1C. The van der Waals surface area contributed by atoms with Crippen molar-refractivity contribution in [2.45, 2.75) is 52.0 Å². The summed E-state index contributed by atoms with van der Waals surface area (Å²) in [6, 6.07) is 3.31. The molecule has 0 aliphatic heterocycles. The zero-order valence-corrected chi connectivity index (χ0v) is 15.9. The number of nitrogens with zero attached hydrogens (tertiary/aromatic N) is 1. The van der Waals surface area contributed by atoms with Gasteiger partial charge in [0.1, 0.15) is 0 Å². The van der Waals surface area contributed by atoms with Gasteiger partial charge in [0.2, 0.25) is 10.0 Å². The summed E-state index contributed by atoms with van der Waals surface area (Å²) in [6.07, 6.45) is 0.898. The summed E-state index contributed by atoms with van der Waals surface area (Å²) in [5.41, 5.74) is 1.85. The van der Waals surface area contributed by atoms with E-state index in [9.17, 15) is 13.2 Å². The molecular formula is C17H28N2O3S. The normalized spacial score (nSPS) is 13.2. The maximum Gasteiger partial charge on any atom is 0.253 e. The predicted octanol–water partition coefficient (Wildman–Crippen LogP) is 2.72. The predicted molar refractivity (Wildman–Crippen MR) is 93.2 cm³/mol. The molecule has 6 heteroatoms. The highest BCUT2D eigenvalue weighted by Gasteiger charge is 2.23. The van der Waals surface area contributed by atoms with Gasteiger partial charge in [-0.05, 0) is 63.4 Å². The highest BCUT2D eigenvalue weighted by molar-refractivity contribution is 7.89. The van der Waals surface area contributed by atoms with Gasteiger partial charge < -0.3 is 4.90 Å². The molecule has 1 aromatic rings. The lowest BCUT2D eigenvalue weighted by Crippen LogP contribution is -2.36. The Bertz CT molecular complexity index is 681. The zero-order valence-electron chi connectivity index (χ0n) is 15.1. The van der Waals surface area contributed by atoms with Crippen molar-refractivity contribution in [3.63, 3.8) is 0 Å². The summed E-state index contributed by atoms with van der Waals surface area (Å²) >= 11 is 0. The Balaban J connectivity index is 3.26. The van der Waals surface area contributed by atoms with Crippen LogP contribution in [0.1, 0.15) is 48.7 Å². The minimum Gasteiger partial charge on any atom is -0.339 e. The molecule has 0 radical (unpaired) electrons. The van der Waals surface area contributed by atoms with E-state index in [0.29, 0.717) is 17.0 Å². The number of sulfonamides is 1. The summed E-state index contributed by atoms with van der Waals surface area (Å²) in [5.74, 6) is 0.328. The lowest BCUT2D eigenvalue weighted by Gasteiger charge is -2.27. The molecule has 0 saturated carbocycles. The minimum absolute atomic E-state index is 0.0912. The Kier molecular flexibility index (Phi) is 6.36. The lowest BCUT2D eigenvalue weighted by atomic mass is 10.0. The summed E-state index contributed by atoms with van der Waals surface area (Å²) < 4.78 is 26.6. The molecule has 1 amide bonds. The third-order valence-corrected chi connectivity index (χ3v) is 5.76. The van der Waals surface area contributed by atoms with E-state index in [0.717, 1.165) is 12.0 Å². The van der Waals surface area contributed by atoms with Crippen molar-refractivity contribution in [1.29, 1.82) is 0 Å². The van der Waals surface area contributed by atoms with Crippen LogP contribution < -0.4 is 4.72 Å². The number of rotatable bonds is 6. The van der Waals surface area contributed by atoms with Crippen molar-refractivity contribution in [2.24, 2.45) is 5.92 Å². The first-order valence-electron chi connectivity index (χ1n) is 7.83. The molecule has 0 aliphatic rings. The third-order valence-electron chi connectivity index (χ3n) is 4.22. The van der Waals surface area contributed by atoms with Crippen LogP contribution in [0.5, 0.6) is 0 Å². The second kappa shape index (κ2) is 7.45. The average molecular weight is 340 g/mol. The van der Waals surface area contributed by atoms with Gasteiger partial charge >= 0.3 is 0 Å². The van der Waals surface area contributed by atoms with Crippen molar-refractivity contribution in [2.75, 3.05) is 14.1 Å². The van der Waals surface area contributed by atoms with Crippen LogP contribution in [0.3, 0.4) is 0 Å². The molecule has 1 aromatic carbocycles. The molecule has 130 valence electrons. The molecular weight excluding hydrogens is 312 g/mol. The maximum absolute atomic E-state index is 12.7. The molecule has 0 aliphatic carbocycles. The van der Waals surface area contributed by atoms with E-state index >= 15 is 0 Å². The molecule has 0 aromatic heterocycles. The molecule has 0 spiro atoms. The van der Waals surface area contributed by atoms with Gasteiger partial charge in [0, 0.05) is 18.7 Å². The van der Waals surface area contributed by atoms with E-state index < -0.39 is 10.0 Å². The van der Waals surface area contributed by atoms with Gasteiger partial charge in [-0.1, -0.05) is 13.8 Å². The van der Waals surface area contributed by atoms with Gasteiger partial charge in [-0.15, -0.1) is 0 Å². The Morgan fingerprint density at radius 3 is 2.26 bits per heavy atom. The van der Waals surface area contributed by atoms with Gasteiger partial charge in [0.05, 0.1) is 4.90 Å². The zero-order chi connectivity index (χ0) is 17.9. The van der Waals surface area contributed by atoms with E-state index in [1.165, 1.54) is 13.1 Å². The van der Waals surface area contributed by atoms with Crippen LogP contribution in [0, 0.1) is 19.8 Å². The second-order valence-corrected chi connectivity index (χ2v) is 8.37. The summed E-state index contributed by atoms with van der Waals surface area (Å²) in [6.45, 7) is 9.80. The Hall–Kier alpha value is -1.40. The van der Waals surface area contributed by atoms with Crippen LogP contribution in [0.4, 0.5) is 0 Å². The summed E-state index contributed by atoms with van der Waals surface area (Å²) in [7, 11) is -0.462. The number of hydrogen-bond acceptors (Lipinski definition) is 3. The molecule has 1 rings (SSSR count). The summed E-state index contributed by atoms with van der Waals surface area (Å²) in [4.78, 5) is 14.6. The first-order valence-corrected chi connectivity index (χ1v) is 9.31. The van der Waals surface area contributed by atoms with E-state index in [1.54, 1.807) is 24.9 Å². The minimum atomic E-state index is -3.59. The summed E-state index contributed by atoms with van der Waals surface area (Å²) in [5, 5.41) is 0. The number of hydrogen-bond donors (Lipinski definition) is 1. The highest BCUT2D eigenvalue weighted by Crippen LogP contribution is 2.22. The van der Waals surface area contributed by atoms with Gasteiger partial charge in [0.25, 0.3) is 5.91 Å². The number of carbonyl (C=O) groups is 1. The van der Waals surface area contributed by atoms with E-state index in [2.05, 4.69) is 18.6 Å². The Labute approximate surface area is 140 Å². The van der Waals surface area contributed by atoms with Crippen molar-refractivity contribution >= 4 is 15.9 Å². The number of benzene rings is 1. The van der Waals surface area contributed by atoms with Crippen LogP contribution in [0.2, 0.25) is 0 Å². The molecule has 1 N–H and O–H groups in total. The van der Waals surface area contributed by atoms with Crippen molar-refractivity contribution in [1.82, 2.24) is 9.62 Å². The first-order chi connectivity index (χ1) is 10.5. The lowest BCUT2D eigenvalue weighted by molar-refractivity contribution is 0.0728. The van der Waals surface area contributed by atoms with Crippen LogP contribution in [-0.4, -0.2) is 39.4 Å². The largest absolute Gasteiger partial charge is 0.339 e. The molecule has 1 atom stereocenters. The third kappa shape index (κ3) is 4.54. The fraction of sp³-hybridized carbons (Fsp3) is 0.588. The van der Waals surface area contributed by atoms with Crippen LogP contribution in [-0.2, 0) is 10.0 Å². The van der Waals surface area contributed by atoms with Gasteiger partial charge in [-0.2, -0.15) is 0 Å². The first kappa shape index (κ1) is 19.6. The van der Waals surface area contributed by atoms with Crippen LogP contribution in [0.25, 0.3) is 0 Å². The standard InChI is InChI=1S/C17H28N2O3S/c1-11(2)8-13(4)19(7)17(20)15-9-12(3)14(5)16(10-15)23(21,22)18-6/h9-11,13,18H,8H2,1-7H3/t13-/m1/s1. The number of amides is 1. The molecule has 0 fully saturated rings. The highest BCUT2D eigenvalue weighted by atomic mass is 32.2. The molecule has 0 unspecified atom stereocenters. The van der Waals surface area contributed by atoms with Crippen LogP contribution >= 0.6 is 0 Å². The smallest absolute Gasteiger partial charge is 0.253 e. The van der Waals surface area contributed by atoms with Gasteiger partial charge in [-0.3, -0.25) is 4.79 Å². The number of nitrogens with one attached hydrogen (secondary N) is 1. The molecule has 0 bridgehead atoms.